The number of piperidine rings is 1. The van der Waals surface area contributed by atoms with Gasteiger partial charge in [0, 0.05) is 31.3 Å². The van der Waals surface area contributed by atoms with Crippen molar-refractivity contribution in [2.45, 2.75) is 52.9 Å². The van der Waals surface area contributed by atoms with Crippen LogP contribution in [0.15, 0.2) is 17.0 Å². The third-order valence-corrected chi connectivity index (χ3v) is 5.10. The number of carbonyl (C=O) groups is 1. The van der Waals surface area contributed by atoms with Crippen molar-refractivity contribution in [2.75, 3.05) is 18.8 Å². The van der Waals surface area contributed by atoms with Crippen LogP contribution in [-0.2, 0) is 11.2 Å². The van der Waals surface area contributed by atoms with Crippen LogP contribution < -0.4 is 5.73 Å². The molecule has 0 aliphatic carbocycles. The van der Waals surface area contributed by atoms with Crippen LogP contribution in [0, 0.1) is 5.41 Å². The normalized spacial score (nSPS) is 22.0. The van der Waals surface area contributed by atoms with Crippen LogP contribution in [0.5, 0.6) is 0 Å². The van der Waals surface area contributed by atoms with E-state index in [0.29, 0.717) is 11.6 Å². The first-order valence-corrected chi connectivity index (χ1v) is 8.87. The van der Waals surface area contributed by atoms with E-state index in [2.05, 4.69) is 31.8 Å². The number of nitrogen functional groups attached to an aromatic ring is 1. The van der Waals surface area contributed by atoms with Gasteiger partial charge < -0.3 is 10.6 Å². The zero-order valence-electron chi connectivity index (χ0n) is 13.9. The van der Waals surface area contributed by atoms with Crippen LogP contribution in [0.1, 0.15) is 52.1 Å². The number of carbonyl (C=O) groups excluding carboxylic acids is 1. The number of thiazole rings is 1. The van der Waals surface area contributed by atoms with Crippen molar-refractivity contribution in [3.05, 3.63) is 22.7 Å². The Bertz CT molecular complexity index is 548. The van der Waals surface area contributed by atoms with E-state index >= 15 is 0 Å². The van der Waals surface area contributed by atoms with E-state index in [9.17, 15) is 4.79 Å². The number of aromatic nitrogens is 1. The summed E-state index contributed by atoms with van der Waals surface area (Å²) in [4.78, 5) is 18.5. The summed E-state index contributed by atoms with van der Waals surface area (Å²) in [5.74, 6) is 0.280. The second-order valence-corrected chi connectivity index (χ2v) is 7.76. The fourth-order valence-electron chi connectivity index (χ4n) is 3.00. The van der Waals surface area contributed by atoms with E-state index in [1.807, 2.05) is 10.3 Å². The summed E-state index contributed by atoms with van der Waals surface area (Å²) in [5.41, 5.74) is 8.26. The van der Waals surface area contributed by atoms with E-state index in [0.717, 1.165) is 44.5 Å². The second-order valence-electron chi connectivity index (χ2n) is 6.87. The molecule has 2 N–H and O–H groups in total. The number of nitrogens with two attached hydrogens (primary N) is 1. The molecular weight excluding hydrogens is 294 g/mol. The number of allylic oxidation sites excluding steroid dienone is 2. The van der Waals surface area contributed by atoms with E-state index in [1.54, 1.807) is 0 Å². The molecule has 1 amide bonds. The number of nitrogens with zero attached hydrogens (tertiary/aromatic N) is 2. The van der Waals surface area contributed by atoms with Gasteiger partial charge in [-0.25, -0.2) is 4.98 Å². The second kappa shape index (κ2) is 7.27. The molecule has 0 radical (unpaired) electrons. The van der Waals surface area contributed by atoms with Crippen molar-refractivity contribution < 1.29 is 4.79 Å². The predicted molar refractivity (Wildman–Crippen MR) is 92.8 cm³/mol. The molecule has 0 saturated carbocycles. The average Bonchev–Trinajstić information content (AvgIpc) is 2.85. The fraction of sp³-hybridized carbons (Fsp3) is 0.647. The third-order valence-electron chi connectivity index (χ3n) is 4.38. The summed E-state index contributed by atoms with van der Waals surface area (Å²) in [6, 6.07) is 0. The maximum Gasteiger partial charge on any atom is 0.222 e. The molecule has 0 bridgehead atoms. The SMILES string of the molecule is CC(C)=CCC[C@@]1(C)CCC(=O)N(CCc2csc(N)n2)C1. The summed E-state index contributed by atoms with van der Waals surface area (Å²) in [6.07, 6.45) is 7.01. The molecule has 1 aromatic heterocycles. The van der Waals surface area contributed by atoms with Gasteiger partial charge in [0.25, 0.3) is 0 Å². The number of hydrogen-bond acceptors (Lipinski definition) is 4. The molecule has 0 unspecified atom stereocenters. The Kier molecular flexibility index (Phi) is 5.62. The van der Waals surface area contributed by atoms with Crippen molar-refractivity contribution in [3.8, 4) is 0 Å². The zero-order chi connectivity index (χ0) is 16.2. The molecule has 1 saturated heterocycles. The average molecular weight is 321 g/mol. The smallest absolute Gasteiger partial charge is 0.222 e. The molecule has 1 aliphatic heterocycles. The number of likely N-dealkylation sites (tertiary alicyclic amines) is 1. The van der Waals surface area contributed by atoms with Crippen molar-refractivity contribution in [3.63, 3.8) is 0 Å². The highest BCUT2D eigenvalue weighted by molar-refractivity contribution is 7.13. The lowest BCUT2D eigenvalue weighted by Gasteiger charge is -2.40. The highest BCUT2D eigenvalue weighted by Crippen LogP contribution is 2.35. The van der Waals surface area contributed by atoms with Gasteiger partial charge in [0.2, 0.25) is 5.91 Å². The molecule has 0 aromatic carbocycles. The monoisotopic (exact) mass is 321 g/mol. The Labute approximate surface area is 137 Å². The highest BCUT2D eigenvalue weighted by atomic mass is 32.1. The lowest BCUT2D eigenvalue weighted by molar-refractivity contribution is -0.137. The van der Waals surface area contributed by atoms with Gasteiger partial charge in [0.15, 0.2) is 5.13 Å². The van der Waals surface area contributed by atoms with Gasteiger partial charge in [-0.2, -0.15) is 0 Å². The van der Waals surface area contributed by atoms with E-state index in [4.69, 9.17) is 5.73 Å². The first-order chi connectivity index (χ1) is 10.4. The van der Waals surface area contributed by atoms with Gasteiger partial charge in [-0.1, -0.05) is 18.6 Å². The van der Waals surface area contributed by atoms with Gasteiger partial charge in [0.1, 0.15) is 0 Å². The largest absolute Gasteiger partial charge is 0.375 e. The Morgan fingerprint density at radius 1 is 1.55 bits per heavy atom. The van der Waals surface area contributed by atoms with Crippen molar-refractivity contribution >= 4 is 22.4 Å². The molecule has 1 aliphatic rings. The summed E-state index contributed by atoms with van der Waals surface area (Å²) in [5, 5.41) is 2.59. The molecule has 2 heterocycles. The van der Waals surface area contributed by atoms with E-state index < -0.39 is 0 Å². The van der Waals surface area contributed by atoms with Crippen LogP contribution in [0.25, 0.3) is 0 Å². The van der Waals surface area contributed by atoms with Gasteiger partial charge >= 0.3 is 0 Å². The fourth-order valence-corrected chi connectivity index (χ4v) is 3.60. The molecule has 0 spiro atoms. The highest BCUT2D eigenvalue weighted by Gasteiger charge is 2.34. The van der Waals surface area contributed by atoms with Gasteiger partial charge in [-0.05, 0) is 38.5 Å². The quantitative estimate of drug-likeness (QED) is 0.814. The number of amides is 1. The lowest BCUT2D eigenvalue weighted by atomic mass is 9.77. The van der Waals surface area contributed by atoms with Gasteiger partial charge in [-0.15, -0.1) is 11.3 Å². The molecule has 22 heavy (non-hydrogen) atoms. The Morgan fingerprint density at radius 2 is 2.32 bits per heavy atom. The van der Waals surface area contributed by atoms with Crippen LogP contribution in [0.3, 0.4) is 0 Å². The van der Waals surface area contributed by atoms with Crippen molar-refractivity contribution in [1.29, 1.82) is 0 Å². The summed E-state index contributed by atoms with van der Waals surface area (Å²) in [6.45, 7) is 8.20. The van der Waals surface area contributed by atoms with Gasteiger partial charge in [-0.3, -0.25) is 4.79 Å². The van der Waals surface area contributed by atoms with Crippen LogP contribution in [-0.4, -0.2) is 28.9 Å². The minimum absolute atomic E-state index is 0.237. The molecule has 1 aromatic rings. The molecule has 4 nitrogen and oxygen atoms in total. The van der Waals surface area contributed by atoms with Crippen molar-refractivity contribution in [2.24, 2.45) is 5.41 Å². The van der Waals surface area contributed by atoms with Crippen LogP contribution in [0.4, 0.5) is 5.13 Å². The van der Waals surface area contributed by atoms with Gasteiger partial charge in [0.05, 0.1) is 5.69 Å². The first-order valence-electron chi connectivity index (χ1n) is 7.99. The Balaban J connectivity index is 1.89. The molecule has 1 fully saturated rings. The minimum atomic E-state index is 0.237. The third kappa shape index (κ3) is 4.83. The molecule has 1 atom stereocenters. The zero-order valence-corrected chi connectivity index (χ0v) is 14.7. The first kappa shape index (κ1) is 17.0. The maximum atomic E-state index is 12.2. The summed E-state index contributed by atoms with van der Waals surface area (Å²) < 4.78 is 0. The lowest BCUT2D eigenvalue weighted by Crippen LogP contribution is -2.46. The standard InChI is InChI=1S/C17H27N3OS/c1-13(2)5-4-8-17(3)9-6-15(21)20(12-17)10-7-14-11-22-16(18)19-14/h5,11H,4,6-10,12H2,1-3H3,(H2,18,19)/t17-/m0/s1. The number of hydrogen-bond donors (Lipinski definition) is 1. The van der Waals surface area contributed by atoms with E-state index in [1.165, 1.54) is 16.9 Å². The topological polar surface area (TPSA) is 59.2 Å². The number of rotatable bonds is 6. The van der Waals surface area contributed by atoms with Crippen molar-refractivity contribution in [1.82, 2.24) is 9.88 Å². The van der Waals surface area contributed by atoms with E-state index in [-0.39, 0.29) is 11.3 Å². The number of anilines is 1. The van der Waals surface area contributed by atoms with Crippen LogP contribution in [0.2, 0.25) is 0 Å². The maximum absolute atomic E-state index is 12.2. The Hall–Kier alpha value is -1.36. The van der Waals surface area contributed by atoms with Crippen LogP contribution >= 0.6 is 11.3 Å². The summed E-state index contributed by atoms with van der Waals surface area (Å²) >= 11 is 1.46. The molecule has 122 valence electrons. The molecule has 5 heteroatoms. The minimum Gasteiger partial charge on any atom is -0.375 e. The Morgan fingerprint density at radius 3 is 2.95 bits per heavy atom. The predicted octanol–water partition coefficient (Wildman–Crippen LogP) is 3.64. The summed E-state index contributed by atoms with van der Waals surface area (Å²) in [7, 11) is 0. The molecule has 2 rings (SSSR count). The molecular formula is C17H27N3OS.